The molecule has 0 radical (unpaired) electrons. The summed E-state index contributed by atoms with van der Waals surface area (Å²) in [5.74, 6) is 2.62. The Morgan fingerprint density at radius 3 is 2.74 bits per heavy atom. The molecule has 1 amide bonds. The van der Waals surface area contributed by atoms with Crippen LogP contribution in [0.15, 0.2) is 22.8 Å². The van der Waals surface area contributed by atoms with Gasteiger partial charge in [-0.1, -0.05) is 12.8 Å². The molecule has 27 heavy (non-hydrogen) atoms. The second-order valence-corrected chi connectivity index (χ2v) is 9.00. The first-order valence-corrected chi connectivity index (χ1v) is 10.7. The molecular formula is C22H34N2O3. The average molecular weight is 375 g/mol. The smallest absolute Gasteiger partial charge is 0.222 e. The minimum Gasteiger partial charge on any atom is -0.468 e. The molecule has 1 aromatic heterocycles. The van der Waals surface area contributed by atoms with Gasteiger partial charge in [-0.05, 0) is 49.1 Å². The van der Waals surface area contributed by atoms with Crippen molar-refractivity contribution in [1.29, 1.82) is 0 Å². The van der Waals surface area contributed by atoms with Crippen LogP contribution in [0.25, 0.3) is 0 Å². The van der Waals surface area contributed by atoms with Crippen molar-refractivity contribution in [2.24, 2.45) is 17.3 Å². The predicted molar refractivity (Wildman–Crippen MR) is 104 cm³/mol. The van der Waals surface area contributed by atoms with E-state index >= 15 is 0 Å². The monoisotopic (exact) mass is 374 g/mol. The first kappa shape index (κ1) is 19.0. The molecule has 1 aromatic rings. The van der Waals surface area contributed by atoms with Crippen molar-refractivity contribution in [2.75, 3.05) is 39.9 Å². The third-order valence-corrected chi connectivity index (χ3v) is 7.26. The average Bonchev–Trinajstić information content (AvgIpc) is 3.40. The number of hydrogen-bond donors (Lipinski definition) is 0. The summed E-state index contributed by atoms with van der Waals surface area (Å²) in [5, 5.41) is 0. The van der Waals surface area contributed by atoms with Gasteiger partial charge in [-0.15, -0.1) is 0 Å². The first-order chi connectivity index (χ1) is 13.2. The molecule has 3 fully saturated rings. The molecule has 0 N–H and O–H groups in total. The molecule has 2 aliphatic heterocycles. The van der Waals surface area contributed by atoms with Gasteiger partial charge in [-0.2, -0.15) is 0 Å². The number of methoxy groups -OCH3 is 1. The van der Waals surface area contributed by atoms with E-state index in [1.165, 1.54) is 25.7 Å². The van der Waals surface area contributed by atoms with Crippen LogP contribution in [0.5, 0.6) is 0 Å². The molecule has 150 valence electrons. The Bertz CT molecular complexity index is 601. The summed E-state index contributed by atoms with van der Waals surface area (Å²) in [6.45, 7) is 5.67. The minimum atomic E-state index is 0.284. The number of carbonyl (C=O) groups excluding carboxylic acids is 1. The number of likely N-dealkylation sites (tertiary alicyclic amines) is 2. The number of nitrogens with zero attached hydrogens (tertiary/aromatic N) is 2. The second-order valence-electron chi connectivity index (χ2n) is 9.00. The lowest BCUT2D eigenvalue weighted by molar-refractivity contribution is -0.135. The maximum atomic E-state index is 12.7. The number of furan rings is 1. The fourth-order valence-corrected chi connectivity index (χ4v) is 5.68. The van der Waals surface area contributed by atoms with Crippen LogP contribution in [-0.2, 0) is 16.1 Å². The highest BCUT2D eigenvalue weighted by molar-refractivity contribution is 5.76. The van der Waals surface area contributed by atoms with E-state index < -0.39 is 0 Å². The third-order valence-electron chi connectivity index (χ3n) is 7.26. The van der Waals surface area contributed by atoms with Crippen molar-refractivity contribution in [2.45, 2.75) is 51.5 Å². The van der Waals surface area contributed by atoms with E-state index in [0.717, 1.165) is 64.4 Å². The number of ether oxygens (including phenoxy) is 1. The molecule has 0 bridgehead atoms. The molecule has 1 atom stereocenters. The van der Waals surface area contributed by atoms with Crippen molar-refractivity contribution >= 4 is 5.91 Å². The quantitative estimate of drug-likeness (QED) is 0.764. The fraction of sp³-hybridized carbons (Fsp3) is 0.773. The van der Waals surface area contributed by atoms with E-state index in [-0.39, 0.29) is 5.41 Å². The Balaban J connectivity index is 1.34. The molecule has 1 spiro atoms. The number of hydrogen-bond acceptors (Lipinski definition) is 4. The van der Waals surface area contributed by atoms with Crippen molar-refractivity contribution in [3.05, 3.63) is 24.2 Å². The van der Waals surface area contributed by atoms with E-state index in [1.54, 1.807) is 6.26 Å². The Morgan fingerprint density at radius 1 is 1.30 bits per heavy atom. The largest absolute Gasteiger partial charge is 0.468 e. The highest BCUT2D eigenvalue weighted by atomic mass is 16.5. The summed E-state index contributed by atoms with van der Waals surface area (Å²) in [6.07, 6.45) is 9.86. The van der Waals surface area contributed by atoms with Gasteiger partial charge in [0.1, 0.15) is 5.76 Å². The van der Waals surface area contributed by atoms with Crippen LogP contribution in [0.4, 0.5) is 0 Å². The molecule has 3 aliphatic rings. The van der Waals surface area contributed by atoms with Crippen LogP contribution in [0.2, 0.25) is 0 Å². The maximum absolute atomic E-state index is 12.7. The van der Waals surface area contributed by atoms with Crippen LogP contribution in [0, 0.1) is 17.3 Å². The van der Waals surface area contributed by atoms with Crippen molar-refractivity contribution in [3.63, 3.8) is 0 Å². The van der Waals surface area contributed by atoms with E-state index in [1.807, 2.05) is 13.2 Å². The molecule has 1 aliphatic carbocycles. The zero-order chi connectivity index (χ0) is 18.7. The van der Waals surface area contributed by atoms with Gasteiger partial charge < -0.3 is 14.1 Å². The van der Waals surface area contributed by atoms with Gasteiger partial charge in [-0.25, -0.2) is 0 Å². The van der Waals surface area contributed by atoms with Crippen molar-refractivity contribution in [3.8, 4) is 0 Å². The van der Waals surface area contributed by atoms with Gasteiger partial charge in [0.05, 0.1) is 19.4 Å². The molecule has 1 unspecified atom stereocenters. The van der Waals surface area contributed by atoms with Gasteiger partial charge in [-0.3, -0.25) is 9.69 Å². The highest BCUT2D eigenvalue weighted by Crippen LogP contribution is 2.45. The summed E-state index contributed by atoms with van der Waals surface area (Å²) in [4.78, 5) is 17.4. The number of rotatable bonds is 6. The van der Waals surface area contributed by atoms with Crippen LogP contribution in [-0.4, -0.2) is 55.6 Å². The summed E-state index contributed by atoms with van der Waals surface area (Å²) >= 11 is 0. The topological polar surface area (TPSA) is 45.9 Å². The summed E-state index contributed by atoms with van der Waals surface area (Å²) in [7, 11) is 1.81. The van der Waals surface area contributed by atoms with Crippen molar-refractivity contribution < 1.29 is 13.9 Å². The molecule has 4 rings (SSSR count). The molecule has 1 saturated carbocycles. The third kappa shape index (κ3) is 4.24. The zero-order valence-corrected chi connectivity index (χ0v) is 16.7. The molecular weight excluding hydrogens is 340 g/mol. The summed E-state index contributed by atoms with van der Waals surface area (Å²) < 4.78 is 11.1. The number of piperidine rings is 1. The molecule has 0 aromatic carbocycles. The lowest BCUT2D eigenvalue weighted by Crippen LogP contribution is -2.47. The van der Waals surface area contributed by atoms with Crippen LogP contribution in [0.3, 0.4) is 0 Å². The van der Waals surface area contributed by atoms with E-state index in [9.17, 15) is 4.79 Å². The second kappa shape index (κ2) is 8.36. The van der Waals surface area contributed by atoms with Crippen molar-refractivity contribution in [1.82, 2.24) is 9.80 Å². The predicted octanol–water partition coefficient (Wildman–Crippen LogP) is 3.55. The molecule has 5 nitrogen and oxygen atoms in total. The number of carbonyl (C=O) groups is 1. The highest BCUT2D eigenvalue weighted by Gasteiger charge is 2.48. The van der Waals surface area contributed by atoms with Crippen LogP contribution in [0.1, 0.15) is 50.7 Å². The van der Waals surface area contributed by atoms with E-state index in [2.05, 4.69) is 15.9 Å². The molecule has 3 heterocycles. The van der Waals surface area contributed by atoms with Gasteiger partial charge in [0.25, 0.3) is 0 Å². The normalized spacial score (nSPS) is 26.3. The number of amides is 1. The Morgan fingerprint density at radius 2 is 2.07 bits per heavy atom. The van der Waals surface area contributed by atoms with Crippen LogP contribution >= 0.6 is 0 Å². The van der Waals surface area contributed by atoms with E-state index in [4.69, 9.17) is 9.15 Å². The maximum Gasteiger partial charge on any atom is 0.222 e. The minimum absolute atomic E-state index is 0.284. The summed E-state index contributed by atoms with van der Waals surface area (Å²) in [6, 6.07) is 4.02. The lowest BCUT2D eigenvalue weighted by Gasteiger charge is -2.43. The molecule has 5 heteroatoms. The fourth-order valence-electron chi connectivity index (χ4n) is 5.68. The summed E-state index contributed by atoms with van der Waals surface area (Å²) in [5.41, 5.74) is 0.284. The standard InChI is InChI=1S/C22H34N2O3/c1-26-16-19-14-23(15-20-7-4-12-27-20)17-22(19)8-10-24(11-9-22)21(25)13-18-5-2-3-6-18/h4,7,12,18-19H,2-3,5-6,8-11,13-17H2,1H3. The van der Waals surface area contributed by atoms with Crippen LogP contribution < -0.4 is 0 Å². The Labute approximate surface area is 163 Å². The Kier molecular flexibility index (Phi) is 5.88. The van der Waals surface area contributed by atoms with Gasteiger partial charge in [0, 0.05) is 45.6 Å². The van der Waals surface area contributed by atoms with Gasteiger partial charge in [0.15, 0.2) is 0 Å². The molecule has 2 saturated heterocycles. The van der Waals surface area contributed by atoms with E-state index in [0.29, 0.717) is 17.7 Å². The van der Waals surface area contributed by atoms with Gasteiger partial charge in [0.2, 0.25) is 5.91 Å². The lowest BCUT2D eigenvalue weighted by atomic mass is 9.71. The zero-order valence-electron chi connectivity index (χ0n) is 16.7. The SMILES string of the molecule is COCC1CN(Cc2ccco2)CC12CCN(C(=O)CC1CCCC1)CC2. The van der Waals surface area contributed by atoms with Gasteiger partial charge >= 0.3 is 0 Å². The Hall–Kier alpha value is -1.33. The first-order valence-electron chi connectivity index (χ1n) is 10.7.